The lowest BCUT2D eigenvalue weighted by Gasteiger charge is -2.29. The van der Waals surface area contributed by atoms with Crippen molar-refractivity contribution < 1.29 is 14.3 Å². The molecule has 0 aromatic rings. The van der Waals surface area contributed by atoms with Crippen LogP contribution in [0.1, 0.15) is 46.5 Å². The molecule has 0 atom stereocenters. The molecular formula is C13H24O3. The third-order valence-corrected chi connectivity index (χ3v) is 3.38. The Morgan fingerprint density at radius 1 is 1.25 bits per heavy atom. The second-order valence-electron chi connectivity index (χ2n) is 5.57. The minimum Gasteiger partial charge on any atom is -0.469 e. The zero-order valence-corrected chi connectivity index (χ0v) is 10.9. The molecule has 0 aliphatic heterocycles. The van der Waals surface area contributed by atoms with Gasteiger partial charge in [0.2, 0.25) is 0 Å². The summed E-state index contributed by atoms with van der Waals surface area (Å²) < 4.78 is 10.6. The molecule has 1 saturated carbocycles. The van der Waals surface area contributed by atoms with Gasteiger partial charge in [-0.3, -0.25) is 4.79 Å². The highest BCUT2D eigenvalue weighted by Gasteiger charge is 2.30. The molecule has 3 heteroatoms. The third-order valence-electron chi connectivity index (χ3n) is 3.38. The summed E-state index contributed by atoms with van der Waals surface area (Å²) in [7, 11) is 1.42. The summed E-state index contributed by atoms with van der Waals surface area (Å²) in [6.45, 7) is 6.47. The normalized spacial score (nSPS) is 26.5. The van der Waals surface area contributed by atoms with Crippen LogP contribution in [0.5, 0.6) is 0 Å². The van der Waals surface area contributed by atoms with E-state index in [-0.39, 0.29) is 5.97 Å². The molecule has 1 fully saturated rings. The highest BCUT2D eigenvalue weighted by Crippen LogP contribution is 2.27. The standard InChI is InChI=1S/C13H24O3/c1-10-5-7-11(8-6-10)16-9-13(2,3)12(14)15-4/h10-11H,5-9H2,1-4H3. The Kier molecular flexibility index (Phi) is 4.78. The minimum absolute atomic E-state index is 0.198. The van der Waals surface area contributed by atoms with Crippen LogP contribution < -0.4 is 0 Å². The molecule has 0 amide bonds. The van der Waals surface area contributed by atoms with Gasteiger partial charge in [0.05, 0.1) is 25.2 Å². The van der Waals surface area contributed by atoms with Crippen LogP contribution in [-0.4, -0.2) is 25.8 Å². The summed E-state index contributed by atoms with van der Waals surface area (Å²) in [5, 5.41) is 0. The molecule has 1 aliphatic rings. The summed E-state index contributed by atoms with van der Waals surface area (Å²) in [4.78, 5) is 11.5. The zero-order valence-electron chi connectivity index (χ0n) is 10.9. The van der Waals surface area contributed by atoms with E-state index in [4.69, 9.17) is 9.47 Å². The average Bonchev–Trinajstić information content (AvgIpc) is 2.27. The maximum absolute atomic E-state index is 11.5. The van der Waals surface area contributed by atoms with Crippen molar-refractivity contribution in [3.63, 3.8) is 0 Å². The molecule has 16 heavy (non-hydrogen) atoms. The van der Waals surface area contributed by atoms with E-state index in [2.05, 4.69) is 6.92 Å². The number of hydrogen-bond acceptors (Lipinski definition) is 3. The van der Waals surface area contributed by atoms with Crippen LogP contribution >= 0.6 is 0 Å². The second-order valence-corrected chi connectivity index (χ2v) is 5.57. The SMILES string of the molecule is COC(=O)C(C)(C)COC1CCC(C)CC1. The van der Waals surface area contributed by atoms with Gasteiger partial charge < -0.3 is 9.47 Å². The van der Waals surface area contributed by atoms with Gasteiger partial charge in [-0.15, -0.1) is 0 Å². The van der Waals surface area contributed by atoms with E-state index in [1.165, 1.54) is 20.0 Å². The van der Waals surface area contributed by atoms with E-state index >= 15 is 0 Å². The number of carbonyl (C=O) groups is 1. The Morgan fingerprint density at radius 2 is 1.81 bits per heavy atom. The molecule has 0 radical (unpaired) electrons. The fraction of sp³-hybridized carbons (Fsp3) is 0.923. The molecule has 0 unspecified atom stereocenters. The number of hydrogen-bond donors (Lipinski definition) is 0. The maximum atomic E-state index is 11.5. The van der Waals surface area contributed by atoms with Crippen LogP contribution in [0.3, 0.4) is 0 Å². The predicted octanol–water partition coefficient (Wildman–Crippen LogP) is 2.78. The van der Waals surface area contributed by atoms with Crippen LogP contribution in [0.15, 0.2) is 0 Å². The lowest BCUT2D eigenvalue weighted by atomic mass is 9.88. The van der Waals surface area contributed by atoms with Crippen molar-refractivity contribution in [3.05, 3.63) is 0 Å². The van der Waals surface area contributed by atoms with Crippen molar-refractivity contribution >= 4 is 5.97 Å². The van der Waals surface area contributed by atoms with Crippen molar-refractivity contribution in [2.45, 2.75) is 52.6 Å². The second kappa shape index (κ2) is 5.67. The van der Waals surface area contributed by atoms with Gasteiger partial charge in [0.15, 0.2) is 0 Å². The fourth-order valence-corrected chi connectivity index (χ4v) is 2.06. The number of esters is 1. The smallest absolute Gasteiger partial charge is 0.313 e. The molecular weight excluding hydrogens is 204 g/mol. The van der Waals surface area contributed by atoms with Crippen molar-refractivity contribution in [1.82, 2.24) is 0 Å². The summed E-state index contributed by atoms with van der Waals surface area (Å²) >= 11 is 0. The topological polar surface area (TPSA) is 35.5 Å². The van der Waals surface area contributed by atoms with Crippen LogP contribution in [0.4, 0.5) is 0 Å². The Hall–Kier alpha value is -0.570. The molecule has 0 saturated heterocycles. The van der Waals surface area contributed by atoms with Gasteiger partial charge in [-0.2, -0.15) is 0 Å². The van der Waals surface area contributed by atoms with Crippen molar-refractivity contribution in [2.75, 3.05) is 13.7 Å². The quantitative estimate of drug-likeness (QED) is 0.694. The molecule has 0 aromatic carbocycles. The van der Waals surface area contributed by atoms with Crippen molar-refractivity contribution in [2.24, 2.45) is 11.3 Å². The molecule has 0 bridgehead atoms. The summed E-state index contributed by atoms with van der Waals surface area (Å²) in [6.07, 6.45) is 5.06. The lowest BCUT2D eigenvalue weighted by molar-refractivity contribution is -0.156. The molecule has 0 spiro atoms. The van der Waals surface area contributed by atoms with E-state index in [1.807, 2.05) is 13.8 Å². The Labute approximate surface area is 98.5 Å². The molecule has 94 valence electrons. The van der Waals surface area contributed by atoms with Gasteiger partial charge in [0.25, 0.3) is 0 Å². The number of rotatable bonds is 4. The van der Waals surface area contributed by atoms with Crippen LogP contribution in [0.25, 0.3) is 0 Å². The van der Waals surface area contributed by atoms with Crippen LogP contribution in [0, 0.1) is 11.3 Å². The fourth-order valence-electron chi connectivity index (χ4n) is 2.06. The third kappa shape index (κ3) is 3.78. The lowest BCUT2D eigenvalue weighted by Crippen LogP contribution is -2.33. The summed E-state index contributed by atoms with van der Waals surface area (Å²) in [6, 6.07) is 0. The largest absolute Gasteiger partial charge is 0.469 e. The van der Waals surface area contributed by atoms with Gasteiger partial charge in [-0.1, -0.05) is 6.92 Å². The molecule has 0 aromatic heterocycles. The van der Waals surface area contributed by atoms with Gasteiger partial charge in [-0.25, -0.2) is 0 Å². The Morgan fingerprint density at radius 3 is 2.31 bits per heavy atom. The van der Waals surface area contributed by atoms with Crippen molar-refractivity contribution in [3.8, 4) is 0 Å². The van der Waals surface area contributed by atoms with E-state index in [0.29, 0.717) is 12.7 Å². The van der Waals surface area contributed by atoms with E-state index in [9.17, 15) is 4.79 Å². The Bertz CT molecular complexity index is 227. The number of ether oxygens (including phenoxy) is 2. The first-order chi connectivity index (χ1) is 7.45. The van der Waals surface area contributed by atoms with Gasteiger partial charge in [0, 0.05) is 0 Å². The molecule has 1 rings (SSSR count). The van der Waals surface area contributed by atoms with E-state index < -0.39 is 5.41 Å². The number of methoxy groups -OCH3 is 1. The van der Waals surface area contributed by atoms with E-state index in [1.54, 1.807) is 0 Å². The zero-order chi connectivity index (χ0) is 12.2. The van der Waals surface area contributed by atoms with Gasteiger partial charge in [-0.05, 0) is 45.4 Å². The van der Waals surface area contributed by atoms with Crippen molar-refractivity contribution in [1.29, 1.82) is 0 Å². The first kappa shape index (κ1) is 13.5. The Balaban J connectivity index is 2.31. The molecule has 1 aliphatic carbocycles. The highest BCUT2D eigenvalue weighted by atomic mass is 16.5. The predicted molar refractivity (Wildman–Crippen MR) is 63.2 cm³/mol. The number of carbonyl (C=O) groups excluding carboxylic acids is 1. The highest BCUT2D eigenvalue weighted by molar-refractivity contribution is 5.75. The van der Waals surface area contributed by atoms with Gasteiger partial charge in [0.1, 0.15) is 0 Å². The first-order valence-electron chi connectivity index (χ1n) is 6.15. The molecule has 0 heterocycles. The molecule has 0 N–H and O–H groups in total. The van der Waals surface area contributed by atoms with E-state index in [0.717, 1.165) is 18.8 Å². The first-order valence-corrected chi connectivity index (χ1v) is 6.15. The monoisotopic (exact) mass is 228 g/mol. The minimum atomic E-state index is -0.530. The van der Waals surface area contributed by atoms with Crippen LogP contribution in [0.2, 0.25) is 0 Å². The summed E-state index contributed by atoms with van der Waals surface area (Å²) in [5.41, 5.74) is -0.530. The van der Waals surface area contributed by atoms with Crippen LogP contribution in [-0.2, 0) is 14.3 Å². The molecule has 3 nitrogen and oxygen atoms in total. The average molecular weight is 228 g/mol. The maximum Gasteiger partial charge on any atom is 0.313 e. The van der Waals surface area contributed by atoms with Gasteiger partial charge >= 0.3 is 5.97 Å². The summed E-state index contributed by atoms with van der Waals surface area (Å²) in [5.74, 6) is 0.630.